The molecule has 25 heavy (non-hydrogen) atoms. The molecule has 2 aromatic rings. The number of carbonyl (C=O) groups excluding carboxylic acids is 2. The predicted octanol–water partition coefficient (Wildman–Crippen LogP) is 3.23. The summed E-state index contributed by atoms with van der Waals surface area (Å²) in [5, 5.41) is 2.86. The number of hydrogen-bond donors (Lipinski definition) is 1. The summed E-state index contributed by atoms with van der Waals surface area (Å²) in [6.07, 6.45) is 0. The molecule has 1 atom stereocenters. The van der Waals surface area contributed by atoms with Crippen molar-refractivity contribution >= 4 is 17.4 Å². The van der Waals surface area contributed by atoms with Crippen LogP contribution in [0.15, 0.2) is 54.6 Å². The molecule has 0 aromatic heterocycles. The third kappa shape index (κ3) is 5.72. The maximum atomic E-state index is 12.3. The highest BCUT2D eigenvalue weighted by Crippen LogP contribution is 2.12. The van der Waals surface area contributed by atoms with Gasteiger partial charge in [0, 0.05) is 17.8 Å². The molecule has 0 spiro atoms. The molecule has 0 aliphatic rings. The number of ether oxygens (including phenoxy) is 1. The number of nitrogens with zero attached hydrogens (tertiary/aromatic N) is 1. The molecular formula is C20H24N2O3. The molecule has 0 saturated carbocycles. The van der Waals surface area contributed by atoms with Gasteiger partial charge in [-0.1, -0.05) is 18.2 Å². The fraction of sp³-hybridized carbons (Fsp3) is 0.300. The van der Waals surface area contributed by atoms with E-state index in [1.807, 2.05) is 49.2 Å². The van der Waals surface area contributed by atoms with Gasteiger partial charge in [-0.25, -0.2) is 0 Å². The fourth-order valence-electron chi connectivity index (χ4n) is 2.25. The first kappa shape index (κ1) is 18.7. The molecular weight excluding hydrogens is 316 g/mol. The largest absolute Gasteiger partial charge is 0.492 e. The van der Waals surface area contributed by atoms with Crippen molar-refractivity contribution in [1.82, 2.24) is 4.90 Å². The number of likely N-dealkylation sites (N-methyl/N-ethyl adjacent to an activating group) is 1. The summed E-state index contributed by atoms with van der Waals surface area (Å²) in [6, 6.07) is 16.2. The van der Waals surface area contributed by atoms with Gasteiger partial charge in [-0.3, -0.25) is 14.5 Å². The van der Waals surface area contributed by atoms with Crippen molar-refractivity contribution in [1.29, 1.82) is 0 Å². The average molecular weight is 340 g/mol. The van der Waals surface area contributed by atoms with Crippen LogP contribution in [0.4, 0.5) is 5.69 Å². The van der Waals surface area contributed by atoms with Crippen LogP contribution in [-0.2, 0) is 4.79 Å². The molecule has 0 bridgehead atoms. The summed E-state index contributed by atoms with van der Waals surface area (Å²) in [7, 11) is 1.89. The molecule has 1 N–H and O–H groups in total. The summed E-state index contributed by atoms with van der Waals surface area (Å²) in [5.74, 6) is 0.723. The van der Waals surface area contributed by atoms with Gasteiger partial charge in [0.2, 0.25) is 5.91 Å². The van der Waals surface area contributed by atoms with E-state index >= 15 is 0 Å². The van der Waals surface area contributed by atoms with E-state index in [-0.39, 0.29) is 17.7 Å². The van der Waals surface area contributed by atoms with Crippen LogP contribution in [0.5, 0.6) is 5.75 Å². The van der Waals surface area contributed by atoms with E-state index in [1.54, 1.807) is 24.3 Å². The van der Waals surface area contributed by atoms with Gasteiger partial charge >= 0.3 is 0 Å². The third-order valence-corrected chi connectivity index (χ3v) is 4.06. The minimum atomic E-state index is -0.299. The number of benzene rings is 2. The molecule has 0 aliphatic carbocycles. The van der Waals surface area contributed by atoms with Crippen LogP contribution in [0.1, 0.15) is 24.2 Å². The minimum Gasteiger partial charge on any atom is -0.492 e. The molecule has 0 fully saturated rings. The van der Waals surface area contributed by atoms with Crippen molar-refractivity contribution in [3.8, 4) is 5.75 Å². The Morgan fingerprint density at radius 3 is 2.32 bits per heavy atom. The van der Waals surface area contributed by atoms with Crippen LogP contribution in [0, 0.1) is 0 Å². The third-order valence-electron chi connectivity index (χ3n) is 4.06. The van der Waals surface area contributed by atoms with Crippen molar-refractivity contribution < 1.29 is 14.3 Å². The van der Waals surface area contributed by atoms with E-state index in [4.69, 9.17) is 4.74 Å². The highest BCUT2D eigenvalue weighted by atomic mass is 16.5. The zero-order chi connectivity index (χ0) is 18.2. The average Bonchev–Trinajstić information content (AvgIpc) is 2.62. The number of nitrogens with one attached hydrogen (secondary N) is 1. The first-order valence-electron chi connectivity index (χ1n) is 8.27. The summed E-state index contributed by atoms with van der Waals surface area (Å²) >= 11 is 0. The lowest BCUT2D eigenvalue weighted by Crippen LogP contribution is -2.41. The van der Waals surface area contributed by atoms with Crippen LogP contribution < -0.4 is 10.1 Å². The summed E-state index contributed by atoms with van der Waals surface area (Å²) < 4.78 is 5.66. The second-order valence-corrected chi connectivity index (χ2v) is 5.94. The lowest BCUT2D eigenvalue weighted by Gasteiger charge is -2.23. The summed E-state index contributed by atoms with van der Waals surface area (Å²) in [6.45, 7) is 4.50. The zero-order valence-corrected chi connectivity index (χ0v) is 14.9. The van der Waals surface area contributed by atoms with Crippen LogP contribution in [0.3, 0.4) is 0 Å². The Bertz CT molecular complexity index is 699. The number of Topliss-reactive ketones (excluding diaryl/α,β-unsaturated/α-hetero) is 1. The molecule has 1 amide bonds. The SMILES string of the molecule is CC(=O)c1ccc(NC(=O)[C@@H](C)N(C)CCOc2ccccc2)cc1. The first-order valence-corrected chi connectivity index (χ1v) is 8.27. The van der Waals surface area contributed by atoms with E-state index in [1.165, 1.54) is 6.92 Å². The van der Waals surface area contributed by atoms with Gasteiger partial charge < -0.3 is 10.1 Å². The number of hydrogen-bond acceptors (Lipinski definition) is 4. The molecule has 5 nitrogen and oxygen atoms in total. The van der Waals surface area contributed by atoms with Gasteiger partial charge in [0.15, 0.2) is 5.78 Å². The van der Waals surface area contributed by atoms with Crippen molar-refractivity contribution in [3.05, 3.63) is 60.2 Å². The fourth-order valence-corrected chi connectivity index (χ4v) is 2.25. The first-order chi connectivity index (χ1) is 12.0. The van der Waals surface area contributed by atoms with Crippen LogP contribution in [0.2, 0.25) is 0 Å². The predicted molar refractivity (Wildman–Crippen MR) is 99.1 cm³/mol. The van der Waals surface area contributed by atoms with Crippen molar-refractivity contribution in [2.75, 3.05) is 25.5 Å². The molecule has 0 unspecified atom stereocenters. The summed E-state index contributed by atoms with van der Waals surface area (Å²) in [5.41, 5.74) is 1.30. The normalized spacial score (nSPS) is 11.8. The lowest BCUT2D eigenvalue weighted by atomic mass is 10.1. The highest BCUT2D eigenvalue weighted by Gasteiger charge is 2.18. The molecule has 0 heterocycles. The second-order valence-electron chi connectivity index (χ2n) is 5.94. The van der Waals surface area contributed by atoms with E-state index < -0.39 is 0 Å². The van der Waals surface area contributed by atoms with Gasteiger partial charge in [0.25, 0.3) is 0 Å². The minimum absolute atomic E-state index is 0.00407. The molecule has 0 aliphatic heterocycles. The Labute approximate surface area is 148 Å². The molecule has 5 heteroatoms. The van der Waals surface area contributed by atoms with Gasteiger partial charge in [0.05, 0.1) is 6.04 Å². The number of anilines is 1. The Morgan fingerprint density at radius 1 is 1.08 bits per heavy atom. The quantitative estimate of drug-likeness (QED) is 0.750. The standard InChI is InChI=1S/C20H24N2O3/c1-15(22(3)13-14-25-19-7-5-4-6-8-19)20(24)21-18-11-9-17(10-12-18)16(2)23/h4-12,15H,13-14H2,1-3H3,(H,21,24)/t15-/m1/s1. The number of amides is 1. The van der Waals surface area contributed by atoms with Gasteiger partial charge in [-0.05, 0) is 57.3 Å². The van der Waals surface area contributed by atoms with Crippen LogP contribution in [-0.4, -0.2) is 42.8 Å². The van der Waals surface area contributed by atoms with Gasteiger partial charge in [0.1, 0.15) is 12.4 Å². The summed E-state index contributed by atoms with van der Waals surface area (Å²) in [4.78, 5) is 25.6. The Hall–Kier alpha value is -2.66. The number of para-hydroxylation sites is 1. The molecule has 0 saturated heterocycles. The van der Waals surface area contributed by atoms with Crippen molar-refractivity contribution in [3.63, 3.8) is 0 Å². The number of rotatable bonds is 8. The Kier molecular flexibility index (Phi) is 6.71. The monoisotopic (exact) mass is 340 g/mol. The van der Waals surface area contributed by atoms with E-state index in [2.05, 4.69) is 5.32 Å². The molecule has 132 valence electrons. The van der Waals surface area contributed by atoms with E-state index in [0.717, 1.165) is 5.75 Å². The number of carbonyl (C=O) groups is 2. The Balaban J connectivity index is 1.80. The zero-order valence-electron chi connectivity index (χ0n) is 14.9. The maximum Gasteiger partial charge on any atom is 0.241 e. The maximum absolute atomic E-state index is 12.3. The lowest BCUT2D eigenvalue weighted by molar-refractivity contribution is -0.120. The van der Waals surface area contributed by atoms with E-state index in [9.17, 15) is 9.59 Å². The van der Waals surface area contributed by atoms with Crippen LogP contribution >= 0.6 is 0 Å². The smallest absolute Gasteiger partial charge is 0.241 e. The number of ketones is 1. The highest BCUT2D eigenvalue weighted by molar-refractivity contribution is 5.96. The molecule has 0 radical (unpaired) electrons. The Morgan fingerprint density at radius 2 is 1.72 bits per heavy atom. The molecule has 2 rings (SSSR count). The van der Waals surface area contributed by atoms with Gasteiger partial charge in [-0.2, -0.15) is 0 Å². The topological polar surface area (TPSA) is 58.6 Å². The second kappa shape index (κ2) is 8.99. The molecule has 2 aromatic carbocycles. The van der Waals surface area contributed by atoms with Gasteiger partial charge in [-0.15, -0.1) is 0 Å². The van der Waals surface area contributed by atoms with Crippen LogP contribution in [0.25, 0.3) is 0 Å². The van der Waals surface area contributed by atoms with Crippen molar-refractivity contribution in [2.24, 2.45) is 0 Å². The van der Waals surface area contributed by atoms with Crippen molar-refractivity contribution in [2.45, 2.75) is 19.9 Å². The van der Waals surface area contributed by atoms with E-state index in [0.29, 0.717) is 24.4 Å².